The lowest BCUT2D eigenvalue weighted by Gasteiger charge is -2.37. The number of guanidine groups is 1. The number of carbonyl (C=O) groups excluding carboxylic acids is 1. The molecule has 1 atom stereocenters. The molecule has 28 heavy (non-hydrogen) atoms. The molecule has 0 radical (unpaired) electrons. The van der Waals surface area contributed by atoms with E-state index >= 15 is 0 Å². The Morgan fingerprint density at radius 3 is 2.39 bits per heavy atom. The van der Waals surface area contributed by atoms with Crippen LogP contribution in [0.15, 0.2) is 4.99 Å². The van der Waals surface area contributed by atoms with Crippen LogP contribution in [0.25, 0.3) is 0 Å². The normalized spacial score (nSPS) is 20.5. The molecule has 2 aliphatic rings. The Morgan fingerprint density at radius 2 is 1.86 bits per heavy atom. The molecule has 0 spiro atoms. The Hall–Kier alpha value is -0.810. The first-order valence-corrected chi connectivity index (χ1v) is 10.3. The second-order valence-corrected chi connectivity index (χ2v) is 7.52. The maximum absolute atomic E-state index is 11.8. The second-order valence-electron chi connectivity index (χ2n) is 7.52. The number of nitrogens with one attached hydrogen (secondary N) is 2. The number of hydrogen-bond donors (Lipinski definition) is 2. The molecule has 2 saturated heterocycles. The fourth-order valence-electron chi connectivity index (χ4n) is 3.71. The van der Waals surface area contributed by atoms with E-state index in [0.29, 0.717) is 24.6 Å². The SMILES string of the molecule is CCOC(=O)N1CCC(NC(=NC)NCC(C(C)C)N2CCOCC2)CC1.I. The molecule has 0 bridgehead atoms. The number of amides is 1. The molecular weight excluding hydrogens is 473 g/mol. The van der Waals surface area contributed by atoms with Gasteiger partial charge < -0.3 is 25.0 Å². The highest BCUT2D eigenvalue weighted by Gasteiger charge is 2.26. The van der Waals surface area contributed by atoms with Crippen molar-refractivity contribution in [1.82, 2.24) is 20.4 Å². The van der Waals surface area contributed by atoms with E-state index in [9.17, 15) is 4.79 Å². The number of aliphatic imine (C=N–C) groups is 1. The number of carbonyl (C=O) groups is 1. The van der Waals surface area contributed by atoms with Gasteiger partial charge in [0.1, 0.15) is 0 Å². The highest BCUT2D eigenvalue weighted by molar-refractivity contribution is 14.0. The lowest BCUT2D eigenvalue weighted by molar-refractivity contribution is 0.00751. The van der Waals surface area contributed by atoms with Gasteiger partial charge in [-0.3, -0.25) is 9.89 Å². The molecule has 0 aromatic carbocycles. The van der Waals surface area contributed by atoms with Crippen LogP contribution < -0.4 is 10.6 Å². The molecule has 2 fully saturated rings. The quantitative estimate of drug-likeness (QED) is 0.322. The first kappa shape index (κ1) is 25.2. The number of hydrogen-bond acceptors (Lipinski definition) is 5. The van der Waals surface area contributed by atoms with Crippen molar-refractivity contribution < 1.29 is 14.3 Å². The minimum atomic E-state index is -0.205. The zero-order valence-corrected chi connectivity index (χ0v) is 20.1. The Labute approximate surface area is 186 Å². The average Bonchev–Trinajstić information content (AvgIpc) is 2.68. The zero-order chi connectivity index (χ0) is 19.6. The van der Waals surface area contributed by atoms with Crippen molar-refractivity contribution in [3.63, 3.8) is 0 Å². The predicted molar refractivity (Wildman–Crippen MR) is 123 cm³/mol. The van der Waals surface area contributed by atoms with Gasteiger partial charge in [0, 0.05) is 51.9 Å². The molecule has 2 aliphatic heterocycles. The van der Waals surface area contributed by atoms with Crippen LogP contribution in [0.4, 0.5) is 4.79 Å². The van der Waals surface area contributed by atoms with E-state index in [2.05, 4.69) is 34.4 Å². The third-order valence-corrected chi connectivity index (χ3v) is 5.35. The maximum Gasteiger partial charge on any atom is 0.409 e. The van der Waals surface area contributed by atoms with Gasteiger partial charge in [-0.2, -0.15) is 0 Å². The summed E-state index contributed by atoms with van der Waals surface area (Å²) < 4.78 is 10.6. The summed E-state index contributed by atoms with van der Waals surface area (Å²) in [5.74, 6) is 1.39. The summed E-state index contributed by atoms with van der Waals surface area (Å²) >= 11 is 0. The Morgan fingerprint density at radius 1 is 1.21 bits per heavy atom. The number of rotatable bonds is 6. The van der Waals surface area contributed by atoms with Gasteiger partial charge in [-0.1, -0.05) is 13.8 Å². The molecule has 2 heterocycles. The van der Waals surface area contributed by atoms with Crippen molar-refractivity contribution in [3.8, 4) is 0 Å². The fraction of sp³-hybridized carbons (Fsp3) is 0.895. The van der Waals surface area contributed by atoms with E-state index in [1.807, 2.05) is 14.0 Å². The third kappa shape index (κ3) is 7.90. The molecule has 0 aromatic rings. The van der Waals surface area contributed by atoms with Crippen molar-refractivity contribution in [1.29, 1.82) is 0 Å². The standard InChI is InChI=1S/C19H37N5O3.HI/c1-5-27-19(25)24-8-6-16(7-9-24)22-18(20-4)21-14-17(15(2)3)23-10-12-26-13-11-23;/h15-17H,5-14H2,1-4H3,(H2,20,21,22);1H. The van der Waals surface area contributed by atoms with Crippen molar-refractivity contribution in [3.05, 3.63) is 0 Å². The smallest absolute Gasteiger partial charge is 0.409 e. The summed E-state index contributed by atoms with van der Waals surface area (Å²) in [6.07, 6.45) is 1.59. The van der Waals surface area contributed by atoms with Gasteiger partial charge in [0.25, 0.3) is 0 Å². The first-order chi connectivity index (χ1) is 13.0. The van der Waals surface area contributed by atoms with Crippen LogP contribution in [-0.4, -0.2) is 93.5 Å². The van der Waals surface area contributed by atoms with E-state index in [4.69, 9.17) is 9.47 Å². The van der Waals surface area contributed by atoms with E-state index in [-0.39, 0.29) is 30.1 Å². The second kappa shape index (κ2) is 13.4. The number of piperidine rings is 1. The summed E-state index contributed by atoms with van der Waals surface area (Å²) in [7, 11) is 1.81. The summed E-state index contributed by atoms with van der Waals surface area (Å²) in [5, 5.41) is 7.01. The number of ether oxygens (including phenoxy) is 2. The highest BCUT2D eigenvalue weighted by atomic mass is 127. The van der Waals surface area contributed by atoms with Crippen LogP contribution in [0.1, 0.15) is 33.6 Å². The monoisotopic (exact) mass is 511 g/mol. The molecule has 2 N–H and O–H groups in total. The number of nitrogens with zero attached hydrogens (tertiary/aromatic N) is 3. The van der Waals surface area contributed by atoms with Crippen LogP contribution in [0.3, 0.4) is 0 Å². The van der Waals surface area contributed by atoms with Crippen LogP contribution in [0.5, 0.6) is 0 Å². The predicted octanol–water partition coefficient (Wildman–Crippen LogP) is 1.75. The Kier molecular flexibility index (Phi) is 12.1. The van der Waals surface area contributed by atoms with Crippen LogP contribution in [0, 0.1) is 5.92 Å². The van der Waals surface area contributed by atoms with Gasteiger partial charge in [0.2, 0.25) is 0 Å². The summed E-state index contributed by atoms with van der Waals surface area (Å²) in [5.41, 5.74) is 0. The lowest BCUT2D eigenvalue weighted by atomic mass is 10.0. The Bertz CT molecular complexity index is 478. The van der Waals surface area contributed by atoms with Crippen molar-refractivity contribution in [2.24, 2.45) is 10.9 Å². The molecule has 2 rings (SSSR count). The number of likely N-dealkylation sites (tertiary alicyclic amines) is 1. The fourth-order valence-corrected chi connectivity index (χ4v) is 3.71. The van der Waals surface area contributed by atoms with Crippen molar-refractivity contribution >= 4 is 36.0 Å². The number of halogens is 1. The van der Waals surface area contributed by atoms with E-state index in [1.54, 1.807) is 4.90 Å². The first-order valence-electron chi connectivity index (χ1n) is 10.3. The largest absolute Gasteiger partial charge is 0.450 e. The number of morpholine rings is 1. The Balaban J connectivity index is 0.00000392. The van der Waals surface area contributed by atoms with Gasteiger partial charge in [0.05, 0.1) is 19.8 Å². The van der Waals surface area contributed by atoms with Gasteiger partial charge >= 0.3 is 6.09 Å². The van der Waals surface area contributed by atoms with E-state index < -0.39 is 0 Å². The van der Waals surface area contributed by atoms with Gasteiger partial charge in [-0.25, -0.2) is 4.79 Å². The van der Waals surface area contributed by atoms with E-state index in [1.165, 1.54) is 0 Å². The van der Waals surface area contributed by atoms with Crippen LogP contribution in [-0.2, 0) is 9.47 Å². The van der Waals surface area contributed by atoms with Crippen LogP contribution in [0.2, 0.25) is 0 Å². The third-order valence-electron chi connectivity index (χ3n) is 5.35. The molecule has 1 unspecified atom stereocenters. The molecule has 1 amide bonds. The van der Waals surface area contributed by atoms with Gasteiger partial charge in [-0.15, -0.1) is 24.0 Å². The van der Waals surface area contributed by atoms with Crippen LogP contribution >= 0.6 is 24.0 Å². The maximum atomic E-state index is 11.8. The lowest BCUT2D eigenvalue weighted by Crippen LogP contribution is -2.54. The molecule has 9 heteroatoms. The topological polar surface area (TPSA) is 78.4 Å². The minimum absolute atomic E-state index is 0. The molecular formula is C19H38IN5O3. The molecule has 0 aliphatic carbocycles. The van der Waals surface area contributed by atoms with Gasteiger partial charge in [-0.05, 0) is 25.7 Å². The molecule has 0 aromatic heterocycles. The van der Waals surface area contributed by atoms with Gasteiger partial charge in [0.15, 0.2) is 5.96 Å². The van der Waals surface area contributed by atoms with Crippen molar-refractivity contribution in [2.75, 3.05) is 59.6 Å². The molecule has 164 valence electrons. The summed E-state index contributed by atoms with van der Waals surface area (Å²) in [4.78, 5) is 20.5. The summed E-state index contributed by atoms with van der Waals surface area (Å²) in [6, 6.07) is 0.779. The zero-order valence-electron chi connectivity index (χ0n) is 17.8. The highest BCUT2D eigenvalue weighted by Crippen LogP contribution is 2.13. The molecule has 0 saturated carbocycles. The minimum Gasteiger partial charge on any atom is -0.450 e. The summed E-state index contributed by atoms with van der Waals surface area (Å²) in [6.45, 7) is 12.7. The van der Waals surface area contributed by atoms with Crippen molar-refractivity contribution in [2.45, 2.75) is 45.7 Å². The average molecular weight is 511 g/mol. The molecule has 8 nitrogen and oxygen atoms in total. The van der Waals surface area contributed by atoms with E-state index in [0.717, 1.165) is 64.7 Å².